The Kier molecular flexibility index (Phi) is 4.61. The molecule has 1 aromatic rings. The highest BCUT2D eigenvalue weighted by atomic mass is 16.6. The summed E-state index contributed by atoms with van der Waals surface area (Å²) in [5.74, 6) is -0.673. The first-order valence-electron chi connectivity index (χ1n) is 6.27. The molecule has 1 aromatic heterocycles. The smallest absolute Gasteiger partial charge is 0.330 e. The van der Waals surface area contributed by atoms with Crippen LogP contribution in [0.5, 0.6) is 0 Å². The van der Waals surface area contributed by atoms with Crippen molar-refractivity contribution in [2.24, 2.45) is 5.11 Å². The van der Waals surface area contributed by atoms with Crippen LogP contribution >= 0.6 is 0 Å². The van der Waals surface area contributed by atoms with Crippen LogP contribution in [0.15, 0.2) is 27.0 Å². The minimum Gasteiger partial charge on any atom is -0.457 e. The molecule has 0 radical (unpaired) electrons. The topological polar surface area (TPSA) is 159 Å². The van der Waals surface area contributed by atoms with Gasteiger partial charge in [-0.15, -0.1) is 0 Å². The molecule has 0 saturated carbocycles. The van der Waals surface area contributed by atoms with Gasteiger partial charge in [-0.3, -0.25) is 19.1 Å². The summed E-state index contributed by atoms with van der Waals surface area (Å²) >= 11 is 0. The van der Waals surface area contributed by atoms with Gasteiger partial charge in [0.25, 0.3) is 5.56 Å². The first-order valence-corrected chi connectivity index (χ1v) is 6.27. The maximum absolute atomic E-state index is 11.8. The van der Waals surface area contributed by atoms with Gasteiger partial charge < -0.3 is 14.6 Å². The number of nitrogens with zero attached hydrogens (tertiary/aromatic N) is 4. The quantitative estimate of drug-likeness (QED) is 0.315. The number of aliphatic hydroxyl groups is 1. The molecular formula is C11H13N5O6. The Morgan fingerprint density at radius 2 is 2.36 bits per heavy atom. The molecule has 2 rings (SSSR count). The zero-order chi connectivity index (χ0) is 16.3. The first-order chi connectivity index (χ1) is 10.5. The highest BCUT2D eigenvalue weighted by Crippen LogP contribution is 2.32. The number of aromatic amines is 1. The minimum absolute atomic E-state index is 0.504. The maximum Gasteiger partial charge on any atom is 0.330 e. The third kappa shape index (κ3) is 3.01. The van der Waals surface area contributed by atoms with E-state index in [2.05, 4.69) is 10.0 Å². The molecule has 0 aliphatic carbocycles. The maximum atomic E-state index is 11.8. The Balaban J connectivity index is 2.47. The van der Waals surface area contributed by atoms with Gasteiger partial charge in [0.15, 0.2) is 12.3 Å². The fourth-order valence-corrected chi connectivity index (χ4v) is 2.24. The van der Waals surface area contributed by atoms with E-state index in [1.165, 1.54) is 0 Å². The molecule has 22 heavy (non-hydrogen) atoms. The number of ether oxygens (including phenoxy) is 2. The molecule has 1 fully saturated rings. The molecule has 0 amide bonds. The summed E-state index contributed by atoms with van der Waals surface area (Å²) in [6.07, 6.45) is -2.05. The van der Waals surface area contributed by atoms with E-state index in [1.54, 1.807) is 0 Å². The highest BCUT2D eigenvalue weighted by molar-refractivity contribution is 5.66. The van der Waals surface area contributed by atoms with E-state index < -0.39 is 48.3 Å². The van der Waals surface area contributed by atoms with Crippen LogP contribution in [0.1, 0.15) is 13.2 Å². The largest absolute Gasteiger partial charge is 0.457 e. The van der Waals surface area contributed by atoms with Gasteiger partial charge in [-0.05, 0) is 5.53 Å². The summed E-state index contributed by atoms with van der Waals surface area (Å²) in [6, 6.07) is 0.0764. The number of carbonyl (C=O) groups is 1. The molecule has 4 atom stereocenters. The normalized spacial score (nSPS) is 27.2. The monoisotopic (exact) mass is 311 g/mol. The van der Waals surface area contributed by atoms with Gasteiger partial charge in [-0.1, -0.05) is 5.11 Å². The Bertz CT molecular complexity index is 720. The first kappa shape index (κ1) is 15.8. The number of H-pyrrole nitrogens is 1. The van der Waals surface area contributed by atoms with Gasteiger partial charge in [0.2, 0.25) is 0 Å². The van der Waals surface area contributed by atoms with Gasteiger partial charge in [0, 0.05) is 24.1 Å². The van der Waals surface area contributed by atoms with Crippen molar-refractivity contribution in [3.8, 4) is 0 Å². The Morgan fingerprint density at radius 3 is 2.91 bits per heavy atom. The van der Waals surface area contributed by atoms with Crippen molar-refractivity contribution in [1.29, 1.82) is 0 Å². The number of nitrogens with one attached hydrogen (secondary N) is 1. The fraction of sp³-hybridized carbons (Fsp3) is 0.545. The number of hydrogen-bond acceptors (Lipinski definition) is 7. The van der Waals surface area contributed by atoms with E-state index in [-0.39, 0.29) is 0 Å². The third-order valence-electron chi connectivity index (χ3n) is 3.11. The molecule has 1 aliphatic rings. The van der Waals surface area contributed by atoms with Crippen LogP contribution in [0.4, 0.5) is 0 Å². The van der Waals surface area contributed by atoms with E-state index in [0.717, 1.165) is 23.8 Å². The second kappa shape index (κ2) is 6.43. The van der Waals surface area contributed by atoms with Gasteiger partial charge >= 0.3 is 11.7 Å². The number of aliphatic hydroxyl groups excluding tert-OH is 1. The van der Waals surface area contributed by atoms with Crippen LogP contribution < -0.4 is 11.2 Å². The van der Waals surface area contributed by atoms with Crippen LogP contribution in [0.25, 0.3) is 10.4 Å². The molecule has 118 valence electrons. The SMILES string of the molecule is CC(=O)O[C@H]1[C@H](N=[N+]=[N-])[C@@H](CO)O[C@H]1n1ccc(=O)[nH]c1=O. The highest BCUT2D eigenvalue weighted by Gasteiger charge is 2.47. The van der Waals surface area contributed by atoms with Crippen molar-refractivity contribution in [2.75, 3.05) is 6.61 Å². The average Bonchev–Trinajstić information content (AvgIpc) is 2.77. The Morgan fingerprint density at radius 1 is 1.64 bits per heavy atom. The number of esters is 1. The summed E-state index contributed by atoms with van der Waals surface area (Å²) < 4.78 is 11.5. The Labute approximate surface area is 122 Å². The van der Waals surface area contributed by atoms with E-state index in [1.807, 2.05) is 4.98 Å². The molecule has 1 aliphatic heterocycles. The number of hydrogen-bond donors (Lipinski definition) is 2. The predicted molar refractivity (Wildman–Crippen MR) is 70.8 cm³/mol. The van der Waals surface area contributed by atoms with E-state index in [4.69, 9.17) is 15.0 Å². The lowest BCUT2D eigenvalue weighted by Gasteiger charge is -2.21. The summed E-state index contributed by atoms with van der Waals surface area (Å²) in [5.41, 5.74) is 7.22. The molecule has 2 heterocycles. The lowest BCUT2D eigenvalue weighted by molar-refractivity contribution is -0.153. The second-order valence-electron chi connectivity index (χ2n) is 4.53. The molecule has 0 bridgehead atoms. The summed E-state index contributed by atoms with van der Waals surface area (Å²) in [7, 11) is 0. The summed E-state index contributed by atoms with van der Waals surface area (Å²) in [5, 5.41) is 12.8. The molecule has 0 aromatic carbocycles. The molecule has 1 saturated heterocycles. The molecule has 11 nitrogen and oxygen atoms in total. The fourth-order valence-electron chi connectivity index (χ4n) is 2.24. The van der Waals surface area contributed by atoms with Gasteiger partial charge in [-0.2, -0.15) is 0 Å². The zero-order valence-corrected chi connectivity index (χ0v) is 11.4. The van der Waals surface area contributed by atoms with Crippen molar-refractivity contribution in [3.63, 3.8) is 0 Å². The van der Waals surface area contributed by atoms with Crippen molar-refractivity contribution >= 4 is 5.97 Å². The van der Waals surface area contributed by atoms with Crippen LogP contribution in [-0.2, 0) is 14.3 Å². The van der Waals surface area contributed by atoms with Gasteiger partial charge in [0.1, 0.15) is 6.04 Å². The average molecular weight is 311 g/mol. The van der Waals surface area contributed by atoms with Gasteiger partial charge in [0.05, 0.1) is 12.7 Å². The minimum atomic E-state index is -1.14. The van der Waals surface area contributed by atoms with Crippen molar-refractivity contribution < 1.29 is 19.4 Å². The lowest BCUT2D eigenvalue weighted by Crippen LogP contribution is -2.39. The summed E-state index contributed by atoms with van der Waals surface area (Å²) in [4.78, 5) is 38.9. The third-order valence-corrected chi connectivity index (χ3v) is 3.11. The molecule has 11 heteroatoms. The predicted octanol–water partition coefficient (Wildman–Crippen LogP) is -0.963. The number of azide groups is 1. The number of aromatic nitrogens is 2. The van der Waals surface area contributed by atoms with Gasteiger partial charge in [-0.25, -0.2) is 4.79 Å². The molecule has 0 spiro atoms. The second-order valence-corrected chi connectivity index (χ2v) is 4.53. The van der Waals surface area contributed by atoms with Crippen LogP contribution in [0, 0.1) is 0 Å². The lowest BCUT2D eigenvalue weighted by atomic mass is 10.1. The number of carbonyl (C=O) groups excluding carboxylic acids is 1. The van der Waals surface area contributed by atoms with E-state index >= 15 is 0 Å². The van der Waals surface area contributed by atoms with Crippen LogP contribution in [0.2, 0.25) is 0 Å². The molecule has 0 unspecified atom stereocenters. The standard InChI is InChI=1S/C11H13N5O6/c1-5(18)21-9-8(14-15-12)6(4-17)22-10(9)16-3-2-7(19)13-11(16)20/h2-3,6,8-10,17H,4H2,1H3,(H,13,19,20)/t6-,8-,9+,10-/m1/s1. The van der Waals surface area contributed by atoms with E-state index in [0.29, 0.717) is 0 Å². The summed E-state index contributed by atoms with van der Waals surface area (Å²) in [6.45, 7) is 0.641. The van der Waals surface area contributed by atoms with Crippen molar-refractivity contribution in [2.45, 2.75) is 31.4 Å². The molecular weight excluding hydrogens is 298 g/mol. The Hall–Kier alpha value is -2.62. The van der Waals surface area contributed by atoms with Crippen LogP contribution in [-0.4, -0.2) is 45.5 Å². The van der Waals surface area contributed by atoms with Crippen LogP contribution in [0.3, 0.4) is 0 Å². The number of rotatable bonds is 4. The van der Waals surface area contributed by atoms with E-state index in [9.17, 15) is 19.5 Å². The molecule has 2 N–H and O–H groups in total. The zero-order valence-electron chi connectivity index (χ0n) is 11.4. The van der Waals surface area contributed by atoms with Crippen molar-refractivity contribution in [3.05, 3.63) is 43.5 Å². The van der Waals surface area contributed by atoms with Crippen molar-refractivity contribution in [1.82, 2.24) is 9.55 Å².